The van der Waals surface area contributed by atoms with Crippen LogP contribution in [0.5, 0.6) is 0 Å². The van der Waals surface area contributed by atoms with Crippen LogP contribution < -0.4 is 5.73 Å². The van der Waals surface area contributed by atoms with E-state index in [0.29, 0.717) is 6.54 Å². The van der Waals surface area contributed by atoms with Crippen LogP contribution in [-0.4, -0.2) is 21.3 Å². The van der Waals surface area contributed by atoms with E-state index in [1.165, 1.54) is 0 Å². The second-order valence-electron chi connectivity index (χ2n) is 4.23. The summed E-state index contributed by atoms with van der Waals surface area (Å²) in [5.41, 5.74) is 5.74. The molecule has 0 aliphatic heterocycles. The van der Waals surface area contributed by atoms with Gasteiger partial charge in [0.15, 0.2) is 0 Å². The molecule has 4 heteroatoms. The summed E-state index contributed by atoms with van der Waals surface area (Å²) in [4.78, 5) is 4.24. The molecule has 0 spiro atoms. The second-order valence-corrected chi connectivity index (χ2v) is 4.23. The van der Waals surface area contributed by atoms with Crippen molar-refractivity contribution in [1.29, 1.82) is 0 Å². The third-order valence-electron chi connectivity index (χ3n) is 2.09. The molecule has 0 saturated carbocycles. The summed E-state index contributed by atoms with van der Waals surface area (Å²) in [5, 5.41) is 4.29. The van der Waals surface area contributed by atoms with Crippen LogP contribution in [0, 0.1) is 19.3 Å². The van der Waals surface area contributed by atoms with Gasteiger partial charge in [-0.25, -0.2) is 9.67 Å². The van der Waals surface area contributed by atoms with Gasteiger partial charge in [0.2, 0.25) is 0 Å². The third kappa shape index (κ3) is 2.52. The van der Waals surface area contributed by atoms with Crippen molar-refractivity contribution >= 4 is 0 Å². The Morgan fingerprint density at radius 2 is 2.00 bits per heavy atom. The molecule has 0 amide bonds. The van der Waals surface area contributed by atoms with E-state index < -0.39 is 0 Å². The van der Waals surface area contributed by atoms with Crippen LogP contribution in [0.2, 0.25) is 0 Å². The standard InChI is InChI=1S/C9H18N4/c1-7-11-8(2)13(12-7)6-9(3,4)5-10/h5-6,10H2,1-4H3. The Hall–Kier alpha value is -0.900. The first-order chi connectivity index (χ1) is 5.94. The zero-order chi connectivity index (χ0) is 10.1. The zero-order valence-electron chi connectivity index (χ0n) is 8.83. The average molecular weight is 182 g/mol. The maximum Gasteiger partial charge on any atom is 0.147 e. The molecule has 1 rings (SSSR count). The van der Waals surface area contributed by atoms with E-state index in [2.05, 4.69) is 23.9 Å². The Morgan fingerprint density at radius 3 is 2.38 bits per heavy atom. The quantitative estimate of drug-likeness (QED) is 0.755. The van der Waals surface area contributed by atoms with Crippen molar-refractivity contribution in [1.82, 2.24) is 14.8 Å². The van der Waals surface area contributed by atoms with Crippen LogP contribution in [0.15, 0.2) is 0 Å². The van der Waals surface area contributed by atoms with Crippen molar-refractivity contribution in [2.24, 2.45) is 11.1 Å². The van der Waals surface area contributed by atoms with Crippen LogP contribution >= 0.6 is 0 Å². The summed E-state index contributed by atoms with van der Waals surface area (Å²) >= 11 is 0. The first-order valence-corrected chi connectivity index (χ1v) is 4.53. The molecule has 74 valence electrons. The monoisotopic (exact) mass is 182 g/mol. The molecule has 0 saturated heterocycles. The maximum atomic E-state index is 5.65. The average Bonchev–Trinajstić information content (AvgIpc) is 2.30. The predicted molar refractivity (Wildman–Crippen MR) is 52.3 cm³/mol. The molecule has 1 heterocycles. The van der Waals surface area contributed by atoms with E-state index in [9.17, 15) is 0 Å². The third-order valence-corrected chi connectivity index (χ3v) is 2.09. The number of nitrogens with zero attached hydrogens (tertiary/aromatic N) is 3. The van der Waals surface area contributed by atoms with Crippen LogP contribution in [0.25, 0.3) is 0 Å². The minimum atomic E-state index is 0.0882. The van der Waals surface area contributed by atoms with Gasteiger partial charge in [-0.15, -0.1) is 0 Å². The van der Waals surface area contributed by atoms with Gasteiger partial charge in [-0.1, -0.05) is 13.8 Å². The molecule has 0 bridgehead atoms. The van der Waals surface area contributed by atoms with Gasteiger partial charge in [-0.3, -0.25) is 0 Å². The van der Waals surface area contributed by atoms with Crippen LogP contribution in [0.4, 0.5) is 0 Å². The summed E-state index contributed by atoms with van der Waals surface area (Å²) in [6.45, 7) is 9.61. The normalized spacial score (nSPS) is 12.1. The molecule has 0 aliphatic rings. The maximum absolute atomic E-state index is 5.65. The van der Waals surface area contributed by atoms with Crippen LogP contribution in [0.3, 0.4) is 0 Å². The lowest BCUT2D eigenvalue weighted by molar-refractivity contribution is 0.297. The van der Waals surface area contributed by atoms with Crippen molar-refractivity contribution in [3.8, 4) is 0 Å². The lowest BCUT2D eigenvalue weighted by atomic mass is 9.94. The molecular weight excluding hydrogens is 164 g/mol. The number of aromatic nitrogens is 3. The lowest BCUT2D eigenvalue weighted by Crippen LogP contribution is -2.29. The number of nitrogens with two attached hydrogens (primary N) is 1. The molecule has 0 atom stereocenters. The molecule has 4 nitrogen and oxygen atoms in total. The highest BCUT2D eigenvalue weighted by Gasteiger charge is 2.18. The molecule has 0 radical (unpaired) electrons. The van der Waals surface area contributed by atoms with Gasteiger partial charge in [-0.2, -0.15) is 5.10 Å². The van der Waals surface area contributed by atoms with Gasteiger partial charge in [-0.05, 0) is 25.8 Å². The van der Waals surface area contributed by atoms with Crippen LogP contribution in [0.1, 0.15) is 25.5 Å². The molecule has 0 aliphatic carbocycles. The largest absolute Gasteiger partial charge is 0.330 e. The summed E-state index contributed by atoms with van der Waals surface area (Å²) in [6, 6.07) is 0. The summed E-state index contributed by atoms with van der Waals surface area (Å²) < 4.78 is 1.92. The first-order valence-electron chi connectivity index (χ1n) is 4.53. The van der Waals surface area contributed by atoms with Crippen molar-refractivity contribution < 1.29 is 0 Å². The second kappa shape index (κ2) is 3.46. The number of aryl methyl sites for hydroxylation is 2. The fourth-order valence-corrected chi connectivity index (χ4v) is 1.18. The Labute approximate surface area is 79.2 Å². The SMILES string of the molecule is Cc1nc(C)n(CC(C)(C)CN)n1. The lowest BCUT2D eigenvalue weighted by Gasteiger charge is -2.22. The first kappa shape index (κ1) is 10.2. The number of rotatable bonds is 3. The van der Waals surface area contributed by atoms with E-state index in [-0.39, 0.29) is 5.41 Å². The van der Waals surface area contributed by atoms with E-state index >= 15 is 0 Å². The zero-order valence-corrected chi connectivity index (χ0v) is 8.83. The Kier molecular flexibility index (Phi) is 2.71. The van der Waals surface area contributed by atoms with E-state index in [4.69, 9.17) is 5.73 Å². The van der Waals surface area contributed by atoms with Gasteiger partial charge in [0, 0.05) is 6.54 Å². The predicted octanol–water partition coefficient (Wildman–Crippen LogP) is 0.880. The highest BCUT2D eigenvalue weighted by Crippen LogP contribution is 2.15. The summed E-state index contributed by atoms with van der Waals surface area (Å²) in [7, 11) is 0. The van der Waals surface area contributed by atoms with E-state index in [1.54, 1.807) is 0 Å². The molecule has 1 aromatic rings. The highest BCUT2D eigenvalue weighted by molar-refractivity contribution is 4.89. The van der Waals surface area contributed by atoms with E-state index in [0.717, 1.165) is 18.2 Å². The van der Waals surface area contributed by atoms with Gasteiger partial charge < -0.3 is 5.73 Å². The molecule has 0 unspecified atom stereocenters. The fourth-order valence-electron chi connectivity index (χ4n) is 1.18. The molecular formula is C9H18N4. The Balaban J connectivity index is 2.79. The van der Waals surface area contributed by atoms with Crippen molar-refractivity contribution in [2.45, 2.75) is 34.2 Å². The fraction of sp³-hybridized carbons (Fsp3) is 0.778. The van der Waals surface area contributed by atoms with Crippen molar-refractivity contribution in [3.05, 3.63) is 11.6 Å². The Morgan fingerprint density at radius 1 is 1.38 bits per heavy atom. The van der Waals surface area contributed by atoms with Gasteiger partial charge in [0.25, 0.3) is 0 Å². The highest BCUT2D eigenvalue weighted by atomic mass is 15.3. The van der Waals surface area contributed by atoms with Crippen molar-refractivity contribution in [2.75, 3.05) is 6.54 Å². The molecule has 0 aromatic carbocycles. The molecule has 1 aromatic heterocycles. The van der Waals surface area contributed by atoms with Gasteiger partial charge in [0.05, 0.1) is 0 Å². The van der Waals surface area contributed by atoms with Crippen molar-refractivity contribution in [3.63, 3.8) is 0 Å². The minimum Gasteiger partial charge on any atom is -0.330 e. The molecule has 0 fully saturated rings. The van der Waals surface area contributed by atoms with Gasteiger partial charge >= 0.3 is 0 Å². The summed E-state index contributed by atoms with van der Waals surface area (Å²) in [6.07, 6.45) is 0. The minimum absolute atomic E-state index is 0.0882. The smallest absolute Gasteiger partial charge is 0.147 e. The van der Waals surface area contributed by atoms with Crippen LogP contribution in [-0.2, 0) is 6.54 Å². The number of hydrogen-bond acceptors (Lipinski definition) is 3. The van der Waals surface area contributed by atoms with E-state index in [1.807, 2.05) is 18.5 Å². The number of hydrogen-bond donors (Lipinski definition) is 1. The Bertz CT molecular complexity index is 288. The summed E-state index contributed by atoms with van der Waals surface area (Å²) in [5.74, 6) is 1.78. The van der Waals surface area contributed by atoms with Gasteiger partial charge in [0.1, 0.15) is 11.6 Å². The molecule has 2 N–H and O–H groups in total. The topological polar surface area (TPSA) is 56.7 Å². The molecule has 13 heavy (non-hydrogen) atoms.